The van der Waals surface area contributed by atoms with Crippen LogP contribution in [0.3, 0.4) is 0 Å². The summed E-state index contributed by atoms with van der Waals surface area (Å²) in [6.45, 7) is 7.83. The summed E-state index contributed by atoms with van der Waals surface area (Å²) in [5.74, 6) is -0.908. The first-order valence-electron chi connectivity index (χ1n) is 7.11. The van der Waals surface area contributed by atoms with E-state index >= 15 is 0 Å². The van der Waals surface area contributed by atoms with E-state index < -0.39 is 17.0 Å². The van der Waals surface area contributed by atoms with Crippen molar-refractivity contribution in [2.45, 2.75) is 46.1 Å². The predicted molar refractivity (Wildman–Crippen MR) is 78.5 cm³/mol. The van der Waals surface area contributed by atoms with Gasteiger partial charge in [-0.3, -0.25) is 4.79 Å². The largest absolute Gasteiger partial charge is 0.481 e. The quantitative estimate of drug-likeness (QED) is 0.899. The number of hydrogen-bond acceptors (Lipinski definition) is 4. The maximum absolute atomic E-state index is 11.9. The number of carboxylic acids is 1. The number of aliphatic carboxylic acids is 1. The van der Waals surface area contributed by atoms with Crippen molar-refractivity contribution in [3.63, 3.8) is 0 Å². The fourth-order valence-electron chi connectivity index (χ4n) is 4.35. The standard InChI is InChI=1S/C15H23NO3S/c1-9(2)15(13(17)18)10(3)7-14(19,8-11(15)4)12-16-5-6-20-12/h5-6,9-11,19H,7-8H2,1-4H3,(H,17,18). The summed E-state index contributed by atoms with van der Waals surface area (Å²) in [5.41, 5.74) is -1.76. The van der Waals surface area contributed by atoms with E-state index in [1.807, 2.05) is 33.1 Å². The lowest BCUT2D eigenvalue weighted by molar-refractivity contribution is -0.177. The molecule has 2 unspecified atom stereocenters. The van der Waals surface area contributed by atoms with Gasteiger partial charge in [-0.05, 0) is 30.6 Å². The van der Waals surface area contributed by atoms with Crippen molar-refractivity contribution >= 4 is 17.3 Å². The molecule has 1 aromatic rings. The molecule has 4 nitrogen and oxygen atoms in total. The van der Waals surface area contributed by atoms with Gasteiger partial charge in [0.25, 0.3) is 0 Å². The second-order valence-corrected chi connectivity index (χ2v) is 7.37. The van der Waals surface area contributed by atoms with Crippen molar-refractivity contribution in [1.82, 2.24) is 4.98 Å². The van der Waals surface area contributed by atoms with Crippen LogP contribution in [-0.2, 0) is 10.4 Å². The minimum atomic E-state index is -0.985. The predicted octanol–water partition coefficient (Wildman–Crippen LogP) is 3.12. The molecule has 0 saturated heterocycles. The summed E-state index contributed by atoms with van der Waals surface area (Å²) in [4.78, 5) is 16.2. The van der Waals surface area contributed by atoms with Gasteiger partial charge in [0.1, 0.15) is 10.6 Å². The molecule has 2 N–H and O–H groups in total. The van der Waals surface area contributed by atoms with E-state index in [-0.39, 0.29) is 17.8 Å². The van der Waals surface area contributed by atoms with E-state index in [1.54, 1.807) is 6.20 Å². The van der Waals surface area contributed by atoms with Gasteiger partial charge in [0.2, 0.25) is 0 Å². The Kier molecular flexibility index (Phi) is 3.95. The minimum Gasteiger partial charge on any atom is -0.481 e. The van der Waals surface area contributed by atoms with Crippen molar-refractivity contribution in [2.75, 3.05) is 0 Å². The van der Waals surface area contributed by atoms with Crippen LogP contribution in [0, 0.1) is 23.2 Å². The Bertz CT molecular complexity index is 471. The zero-order chi connectivity index (χ0) is 15.1. The lowest BCUT2D eigenvalue weighted by Gasteiger charge is -2.51. The average molecular weight is 297 g/mol. The molecular formula is C15H23NO3S. The number of carbonyl (C=O) groups is 1. The number of nitrogens with zero attached hydrogens (tertiary/aromatic N) is 1. The zero-order valence-corrected chi connectivity index (χ0v) is 13.3. The molecule has 0 bridgehead atoms. The van der Waals surface area contributed by atoms with E-state index in [2.05, 4.69) is 4.98 Å². The fraction of sp³-hybridized carbons (Fsp3) is 0.733. The van der Waals surface area contributed by atoms with Crippen molar-refractivity contribution in [1.29, 1.82) is 0 Å². The molecule has 1 aliphatic carbocycles. The molecule has 1 heterocycles. The minimum absolute atomic E-state index is 0.0332. The van der Waals surface area contributed by atoms with E-state index in [1.165, 1.54) is 11.3 Å². The van der Waals surface area contributed by atoms with Gasteiger partial charge in [-0.1, -0.05) is 27.7 Å². The van der Waals surface area contributed by atoms with Crippen LogP contribution in [0.25, 0.3) is 0 Å². The first-order chi connectivity index (χ1) is 9.25. The molecule has 2 atom stereocenters. The second-order valence-electron chi connectivity index (χ2n) is 6.47. The lowest BCUT2D eigenvalue weighted by Crippen LogP contribution is -2.55. The summed E-state index contributed by atoms with van der Waals surface area (Å²) >= 11 is 1.44. The summed E-state index contributed by atoms with van der Waals surface area (Å²) in [6.07, 6.45) is 2.60. The van der Waals surface area contributed by atoms with Gasteiger partial charge in [0.15, 0.2) is 0 Å². The molecule has 1 saturated carbocycles. The van der Waals surface area contributed by atoms with Gasteiger partial charge in [0, 0.05) is 11.6 Å². The number of hydrogen-bond donors (Lipinski definition) is 2. The van der Waals surface area contributed by atoms with Crippen molar-refractivity contribution in [3.8, 4) is 0 Å². The highest BCUT2D eigenvalue weighted by Gasteiger charge is 2.58. The highest BCUT2D eigenvalue weighted by Crippen LogP contribution is 2.56. The molecule has 0 spiro atoms. The summed E-state index contributed by atoms with van der Waals surface area (Å²) in [6, 6.07) is 0. The highest BCUT2D eigenvalue weighted by atomic mass is 32.1. The third-order valence-corrected chi connectivity index (χ3v) is 6.04. The SMILES string of the molecule is CC(C)C1(C(=O)O)C(C)CC(O)(c2nccs2)CC1C. The van der Waals surface area contributed by atoms with Crippen molar-refractivity contribution in [3.05, 3.63) is 16.6 Å². The van der Waals surface area contributed by atoms with Crippen LogP contribution < -0.4 is 0 Å². The van der Waals surface area contributed by atoms with Crippen LogP contribution in [0.5, 0.6) is 0 Å². The van der Waals surface area contributed by atoms with E-state index in [9.17, 15) is 15.0 Å². The Balaban J connectivity index is 2.40. The Morgan fingerprint density at radius 3 is 2.30 bits per heavy atom. The molecule has 1 aromatic heterocycles. The molecule has 112 valence electrons. The molecule has 5 heteroatoms. The molecule has 2 rings (SSSR count). The van der Waals surface area contributed by atoms with Gasteiger partial charge in [-0.25, -0.2) is 4.98 Å². The van der Waals surface area contributed by atoms with Crippen LogP contribution in [0.2, 0.25) is 0 Å². The van der Waals surface area contributed by atoms with Crippen LogP contribution in [0.15, 0.2) is 11.6 Å². The van der Waals surface area contributed by atoms with Crippen molar-refractivity contribution in [2.24, 2.45) is 23.2 Å². The zero-order valence-electron chi connectivity index (χ0n) is 12.5. The maximum Gasteiger partial charge on any atom is 0.310 e. The van der Waals surface area contributed by atoms with Crippen LogP contribution in [0.4, 0.5) is 0 Å². The van der Waals surface area contributed by atoms with Gasteiger partial charge in [-0.2, -0.15) is 0 Å². The topological polar surface area (TPSA) is 70.4 Å². The molecule has 0 aromatic carbocycles. The van der Waals surface area contributed by atoms with E-state index in [4.69, 9.17) is 0 Å². The Labute approximate surface area is 123 Å². The highest BCUT2D eigenvalue weighted by molar-refractivity contribution is 7.09. The number of aromatic nitrogens is 1. The number of carboxylic acid groups (broad SMARTS) is 1. The Morgan fingerprint density at radius 2 is 1.95 bits per heavy atom. The molecular weight excluding hydrogens is 274 g/mol. The number of aliphatic hydroxyl groups is 1. The first kappa shape index (κ1) is 15.4. The number of thiazole rings is 1. The van der Waals surface area contributed by atoms with Gasteiger partial charge in [0.05, 0.1) is 5.41 Å². The first-order valence-corrected chi connectivity index (χ1v) is 7.98. The average Bonchev–Trinajstić information content (AvgIpc) is 2.80. The third kappa shape index (κ3) is 2.07. The summed E-state index contributed by atoms with van der Waals surface area (Å²) in [7, 11) is 0. The van der Waals surface area contributed by atoms with E-state index in [0.29, 0.717) is 17.8 Å². The van der Waals surface area contributed by atoms with E-state index in [0.717, 1.165) is 0 Å². The normalized spacial score (nSPS) is 38.1. The van der Waals surface area contributed by atoms with Gasteiger partial charge < -0.3 is 10.2 Å². The molecule has 1 aliphatic rings. The Morgan fingerprint density at radius 1 is 1.40 bits per heavy atom. The van der Waals surface area contributed by atoms with Crippen LogP contribution in [0.1, 0.15) is 45.5 Å². The molecule has 20 heavy (non-hydrogen) atoms. The van der Waals surface area contributed by atoms with Crippen molar-refractivity contribution < 1.29 is 15.0 Å². The monoisotopic (exact) mass is 297 g/mol. The van der Waals surface area contributed by atoms with Crippen LogP contribution >= 0.6 is 11.3 Å². The Hall–Kier alpha value is -0.940. The second kappa shape index (κ2) is 5.11. The lowest BCUT2D eigenvalue weighted by atomic mass is 9.53. The summed E-state index contributed by atoms with van der Waals surface area (Å²) < 4.78 is 0. The maximum atomic E-state index is 11.9. The summed E-state index contributed by atoms with van der Waals surface area (Å²) in [5, 5.41) is 23.3. The molecule has 0 aliphatic heterocycles. The molecule has 1 fully saturated rings. The van der Waals surface area contributed by atoms with Gasteiger partial charge in [-0.15, -0.1) is 11.3 Å². The number of rotatable bonds is 3. The fourth-order valence-corrected chi connectivity index (χ4v) is 5.11. The van der Waals surface area contributed by atoms with Crippen LogP contribution in [-0.4, -0.2) is 21.2 Å². The third-order valence-electron chi connectivity index (χ3n) is 5.07. The smallest absolute Gasteiger partial charge is 0.310 e. The molecule has 0 radical (unpaired) electrons. The van der Waals surface area contributed by atoms with Gasteiger partial charge >= 0.3 is 5.97 Å². The molecule has 0 amide bonds.